The maximum absolute atomic E-state index is 12.5. The van der Waals surface area contributed by atoms with Gasteiger partial charge >= 0.3 is 12.0 Å². The minimum Gasteiger partial charge on any atom is -0.481 e. The van der Waals surface area contributed by atoms with Crippen LogP contribution in [0.4, 0.5) is 4.79 Å². The summed E-state index contributed by atoms with van der Waals surface area (Å²) in [7, 11) is 0. The molecule has 2 fully saturated rings. The lowest BCUT2D eigenvalue weighted by Crippen LogP contribution is -2.50. The molecule has 2 amide bonds. The Morgan fingerprint density at radius 1 is 1.10 bits per heavy atom. The number of carboxylic acid groups (broad SMARTS) is 1. The Hall–Kier alpha value is -1.26. The number of carbonyl (C=O) groups is 2. The third kappa shape index (κ3) is 4.12. The molecule has 0 radical (unpaired) electrons. The molecule has 0 aromatic rings. The molecule has 0 spiro atoms. The lowest BCUT2D eigenvalue weighted by molar-refractivity contribution is -0.137. The van der Waals surface area contributed by atoms with Crippen molar-refractivity contribution in [1.82, 2.24) is 9.80 Å². The van der Waals surface area contributed by atoms with Crippen molar-refractivity contribution in [1.29, 1.82) is 0 Å². The number of likely N-dealkylation sites (tertiary alicyclic amines) is 2. The van der Waals surface area contributed by atoms with Gasteiger partial charge in [0, 0.05) is 32.6 Å². The molecule has 0 bridgehead atoms. The van der Waals surface area contributed by atoms with Crippen molar-refractivity contribution in [3.05, 3.63) is 0 Å². The van der Waals surface area contributed by atoms with Gasteiger partial charge in [0.2, 0.25) is 0 Å². The molecule has 0 aliphatic carbocycles. The molecule has 2 rings (SSSR count). The summed E-state index contributed by atoms with van der Waals surface area (Å²) >= 11 is 0. The Bertz CT molecular complexity index is 359. The molecule has 2 aliphatic rings. The predicted molar refractivity (Wildman–Crippen MR) is 76.5 cm³/mol. The van der Waals surface area contributed by atoms with Gasteiger partial charge in [-0.25, -0.2) is 4.79 Å². The first-order chi connectivity index (χ1) is 9.56. The molecule has 2 aliphatic heterocycles. The molecule has 1 N–H and O–H groups in total. The third-order valence-electron chi connectivity index (χ3n) is 4.48. The fourth-order valence-electron chi connectivity index (χ4n) is 3.37. The van der Waals surface area contributed by atoms with Gasteiger partial charge in [0.1, 0.15) is 0 Å². The Morgan fingerprint density at radius 3 is 2.40 bits per heavy atom. The number of hydrogen-bond donors (Lipinski definition) is 1. The van der Waals surface area contributed by atoms with Gasteiger partial charge in [-0.3, -0.25) is 4.79 Å². The molecule has 5 nitrogen and oxygen atoms in total. The fraction of sp³-hybridized carbons (Fsp3) is 0.867. The van der Waals surface area contributed by atoms with Crippen LogP contribution < -0.4 is 0 Å². The summed E-state index contributed by atoms with van der Waals surface area (Å²) in [6.07, 6.45) is 5.27. The van der Waals surface area contributed by atoms with Crippen LogP contribution in [-0.2, 0) is 4.79 Å². The van der Waals surface area contributed by atoms with Gasteiger partial charge < -0.3 is 14.9 Å². The Balaban J connectivity index is 1.84. The quantitative estimate of drug-likeness (QED) is 0.864. The zero-order chi connectivity index (χ0) is 14.5. The van der Waals surface area contributed by atoms with Gasteiger partial charge in [0.25, 0.3) is 0 Å². The summed E-state index contributed by atoms with van der Waals surface area (Å²) < 4.78 is 0. The number of hydrogen-bond acceptors (Lipinski definition) is 2. The molecule has 2 saturated heterocycles. The number of aliphatic carboxylic acids is 1. The lowest BCUT2D eigenvalue weighted by Gasteiger charge is -2.39. The Labute approximate surface area is 120 Å². The smallest absolute Gasteiger partial charge is 0.320 e. The largest absolute Gasteiger partial charge is 0.481 e. The van der Waals surface area contributed by atoms with E-state index in [1.165, 1.54) is 6.42 Å². The Kier molecular flexibility index (Phi) is 5.26. The standard InChI is InChI=1S/C15H26N2O3/c1-12-4-2-8-16(10-12)15(20)17-9-3-5-13(11-17)6-7-14(18)19/h12-13H,2-11H2,1H3,(H,18,19). The molecule has 2 atom stereocenters. The molecule has 2 heterocycles. The number of urea groups is 1. The van der Waals surface area contributed by atoms with Gasteiger partial charge in [0.15, 0.2) is 0 Å². The molecule has 20 heavy (non-hydrogen) atoms. The molecule has 5 heteroatoms. The number of rotatable bonds is 3. The van der Waals surface area contributed by atoms with E-state index in [-0.39, 0.29) is 12.5 Å². The summed E-state index contributed by atoms with van der Waals surface area (Å²) in [6, 6.07) is 0.163. The van der Waals surface area contributed by atoms with Crippen LogP contribution in [0.3, 0.4) is 0 Å². The number of piperidine rings is 2. The second-order valence-corrected chi connectivity index (χ2v) is 6.36. The molecule has 0 aromatic heterocycles. The minimum atomic E-state index is -0.738. The zero-order valence-electron chi connectivity index (χ0n) is 12.4. The van der Waals surface area contributed by atoms with Gasteiger partial charge in [0.05, 0.1) is 0 Å². The normalized spacial score (nSPS) is 27.4. The van der Waals surface area contributed by atoms with Crippen molar-refractivity contribution in [2.75, 3.05) is 26.2 Å². The van der Waals surface area contributed by atoms with Crippen LogP contribution in [0.5, 0.6) is 0 Å². The third-order valence-corrected chi connectivity index (χ3v) is 4.48. The van der Waals surface area contributed by atoms with E-state index in [4.69, 9.17) is 5.11 Å². The summed E-state index contributed by atoms with van der Waals surface area (Å²) in [5, 5.41) is 8.76. The molecule has 0 aromatic carbocycles. The molecule has 2 unspecified atom stereocenters. The second-order valence-electron chi connectivity index (χ2n) is 6.36. The fourth-order valence-corrected chi connectivity index (χ4v) is 3.37. The van der Waals surface area contributed by atoms with Gasteiger partial charge in [-0.1, -0.05) is 6.92 Å². The first kappa shape index (κ1) is 15.1. The van der Waals surface area contributed by atoms with Crippen molar-refractivity contribution in [2.45, 2.75) is 45.4 Å². The van der Waals surface area contributed by atoms with E-state index >= 15 is 0 Å². The van der Waals surface area contributed by atoms with Crippen molar-refractivity contribution in [3.8, 4) is 0 Å². The topological polar surface area (TPSA) is 60.9 Å². The molecule has 0 saturated carbocycles. The van der Waals surface area contributed by atoms with Crippen LogP contribution in [0.1, 0.15) is 45.4 Å². The first-order valence-electron chi connectivity index (χ1n) is 7.82. The van der Waals surface area contributed by atoms with Crippen LogP contribution >= 0.6 is 0 Å². The van der Waals surface area contributed by atoms with E-state index in [1.807, 2.05) is 9.80 Å². The zero-order valence-corrected chi connectivity index (χ0v) is 12.4. The number of carboxylic acids is 1. The van der Waals surface area contributed by atoms with Crippen molar-refractivity contribution in [2.24, 2.45) is 11.8 Å². The summed E-state index contributed by atoms with van der Waals surface area (Å²) in [6.45, 7) is 5.50. The number of nitrogens with zero attached hydrogens (tertiary/aromatic N) is 2. The highest BCUT2D eigenvalue weighted by Crippen LogP contribution is 2.23. The summed E-state index contributed by atoms with van der Waals surface area (Å²) in [5.41, 5.74) is 0. The predicted octanol–water partition coefficient (Wildman–Crippen LogP) is 2.42. The molecular formula is C15H26N2O3. The number of amides is 2. The maximum atomic E-state index is 12.5. The average molecular weight is 282 g/mol. The molecule has 114 valence electrons. The number of carbonyl (C=O) groups excluding carboxylic acids is 1. The van der Waals surface area contributed by atoms with Crippen LogP contribution in [0.2, 0.25) is 0 Å². The first-order valence-corrected chi connectivity index (χ1v) is 7.82. The van der Waals surface area contributed by atoms with Crippen LogP contribution in [-0.4, -0.2) is 53.1 Å². The van der Waals surface area contributed by atoms with Crippen molar-refractivity contribution in [3.63, 3.8) is 0 Å². The highest BCUT2D eigenvalue weighted by atomic mass is 16.4. The van der Waals surface area contributed by atoms with Crippen molar-refractivity contribution < 1.29 is 14.7 Å². The lowest BCUT2D eigenvalue weighted by atomic mass is 9.93. The van der Waals surface area contributed by atoms with E-state index < -0.39 is 5.97 Å². The maximum Gasteiger partial charge on any atom is 0.320 e. The van der Waals surface area contributed by atoms with Crippen molar-refractivity contribution >= 4 is 12.0 Å². The summed E-state index contributed by atoms with van der Waals surface area (Å²) in [5.74, 6) is 0.213. The van der Waals surface area contributed by atoms with E-state index in [9.17, 15) is 9.59 Å². The monoisotopic (exact) mass is 282 g/mol. The van der Waals surface area contributed by atoms with E-state index in [1.54, 1.807) is 0 Å². The van der Waals surface area contributed by atoms with E-state index in [2.05, 4.69) is 6.92 Å². The van der Waals surface area contributed by atoms with Crippen LogP contribution in [0, 0.1) is 11.8 Å². The SMILES string of the molecule is CC1CCCN(C(=O)N2CCCC(CCC(=O)O)C2)C1. The minimum absolute atomic E-state index is 0.163. The van der Waals surface area contributed by atoms with Gasteiger partial charge in [-0.2, -0.15) is 0 Å². The van der Waals surface area contributed by atoms with E-state index in [0.29, 0.717) is 18.3 Å². The van der Waals surface area contributed by atoms with Crippen LogP contribution in [0.25, 0.3) is 0 Å². The van der Waals surface area contributed by atoms with Crippen LogP contribution in [0.15, 0.2) is 0 Å². The average Bonchev–Trinajstić information content (AvgIpc) is 2.44. The summed E-state index contributed by atoms with van der Waals surface area (Å²) in [4.78, 5) is 27.1. The Morgan fingerprint density at radius 2 is 1.75 bits per heavy atom. The highest BCUT2D eigenvalue weighted by Gasteiger charge is 2.29. The van der Waals surface area contributed by atoms with Gasteiger partial charge in [-0.05, 0) is 43.9 Å². The highest BCUT2D eigenvalue weighted by molar-refractivity contribution is 5.74. The van der Waals surface area contributed by atoms with Gasteiger partial charge in [-0.15, -0.1) is 0 Å². The second kappa shape index (κ2) is 6.95. The van der Waals surface area contributed by atoms with E-state index in [0.717, 1.165) is 45.4 Å². The molecular weight excluding hydrogens is 256 g/mol.